The first kappa shape index (κ1) is 12.7. The first-order valence-electron chi connectivity index (χ1n) is 5.36. The van der Waals surface area contributed by atoms with Gasteiger partial charge in [0.25, 0.3) is 5.91 Å². The summed E-state index contributed by atoms with van der Waals surface area (Å²) in [6.45, 7) is 0.381. The van der Waals surface area contributed by atoms with Crippen LogP contribution in [0.3, 0.4) is 0 Å². The molecule has 0 saturated heterocycles. The quantitative estimate of drug-likeness (QED) is 0.358. The topological polar surface area (TPSA) is 116 Å². The average molecular weight is 261 g/mol. The molecule has 2 rings (SSSR count). The van der Waals surface area contributed by atoms with E-state index in [4.69, 9.17) is 5.84 Å². The van der Waals surface area contributed by atoms with E-state index in [2.05, 4.69) is 4.98 Å². The predicted octanol–water partition coefficient (Wildman–Crippen LogP) is 0.443. The lowest BCUT2D eigenvalue weighted by Crippen LogP contribution is -2.30. The number of nitrogen functional groups attached to an aromatic ring is 1. The number of aromatic nitrogens is 2. The third-order valence-electron chi connectivity index (χ3n) is 2.49. The van der Waals surface area contributed by atoms with Crippen LogP contribution in [0, 0.1) is 10.1 Å². The van der Waals surface area contributed by atoms with E-state index in [9.17, 15) is 14.9 Å². The number of hydrogen-bond acceptors (Lipinski definition) is 5. The zero-order valence-corrected chi connectivity index (χ0v) is 9.81. The fraction of sp³-hybridized carbons (Fsp3) is 0.0909. The highest BCUT2D eigenvalue weighted by molar-refractivity contribution is 5.93. The molecular weight excluding hydrogens is 250 g/mol. The molecule has 0 radical (unpaired) electrons. The van der Waals surface area contributed by atoms with Crippen molar-refractivity contribution in [1.82, 2.24) is 15.0 Å². The second-order valence-electron chi connectivity index (χ2n) is 3.84. The number of amides is 1. The first-order chi connectivity index (χ1) is 9.10. The number of rotatable bonds is 4. The number of nitrogens with zero attached hydrogens (tertiary/aromatic N) is 3. The van der Waals surface area contributed by atoms with Gasteiger partial charge in [-0.2, -0.15) is 0 Å². The standard InChI is InChI=1S/C11H11N5O3/c12-14-11(17)9-3-1-2-8(4-9)5-15-6-10(13-7-15)16(18)19/h1-4,6-7H,5,12H2,(H,14,17). The Morgan fingerprint density at radius 3 is 2.95 bits per heavy atom. The molecule has 8 heteroatoms. The summed E-state index contributed by atoms with van der Waals surface area (Å²) in [6.07, 6.45) is 2.70. The van der Waals surface area contributed by atoms with Crippen molar-refractivity contribution in [3.8, 4) is 0 Å². The maximum atomic E-state index is 11.4. The fourth-order valence-electron chi connectivity index (χ4n) is 1.63. The lowest BCUT2D eigenvalue weighted by atomic mass is 10.1. The van der Waals surface area contributed by atoms with E-state index in [0.29, 0.717) is 12.1 Å². The van der Waals surface area contributed by atoms with E-state index in [-0.39, 0.29) is 5.82 Å². The Kier molecular flexibility index (Phi) is 3.53. The molecule has 1 aromatic carbocycles. The summed E-state index contributed by atoms with van der Waals surface area (Å²) in [4.78, 5) is 25.0. The number of imidazole rings is 1. The molecule has 0 aliphatic rings. The molecule has 0 fully saturated rings. The molecule has 0 aliphatic carbocycles. The van der Waals surface area contributed by atoms with Gasteiger partial charge >= 0.3 is 5.82 Å². The number of hydrazine groups is 1. The van der Waals surface area contributed by atoms with Crippen LogP contribution in [0.1, 0.15) is 15.9 Å². The molecule has 8 nitrogen and oxygen atoms in total. The van der Waals surface area contributed by atoms with Crippen LogP contribution in [0.2, 0.25) is 0 Å². The largest absolute Gasteiger partial charge is 0.381 e. The summed E-state index contributed by atoms with van der Waals surface area (Å²) in [5, 5.41) is 10.5. The smallest absolute Gasteiger partial charge is 0.358 e. The van der Waals surface area contributed by atoms with Crippen LogP contribution in [0.5, 0.6) is 0 Å². The maximum Gasteiger partial charge on any atom is 0.381 e. The fourth-order valence-corrected chi connectivity index (χ4v) is 1.63. The molecule has 1 aromatic heterocycles. The molecular formula is C11H11N5O3. The van der Waals surface area contributed by atoms with Crippen LogP contribution in [0.4, 0.5) is 5.82 Å². The van der Waals surface area contributed by atoms with E-state index in [1.807, 2.05) is 5.43 Å². The van der Waals surface area contributed by atoms with Crippen LogP contribution in [-0.2, 0) is 6.54 Å². The number of carbonyl (C=O) groups is 1. The second-order valence-corrected chi connectivity index (χ2v) is 3.84. The number of benzene rings is 1. The van der Waals surface area contributed by atoms with Crippen molar-refractivity contribution in [3.63, 3.8) is 0 Å². The van der Waals surface area contributed by atoms with E-state index < -0.39 is 10.8 Å². The SMILES string of the molecule is NNC(=O)c1cccc(Cn2cnc([N+](=O)[O-])c2)c1. The molecule has 0 bridgehead atoms. The van der Waals surface area contributed by atoms with Crippen molar-refractivity contribution in [1.29, 1.82) is 0 Å². The van der Waals surface area contributed by atoms with Crippen molar-refractivity contribution in [2.24, 2.45) is 5.84 Å². The van der Waals surface area contributed by atoms with Gasteiger partial charge in [0.2, 0.25) is 6.33 Å². The molecule has 0 atom stereocenters. The molecule has 0 aliphatic heterocycles. The van der Waals surface area contributed by atoms with Crippen molar-refractivity contribution in [3.05, 3.63) is 58.0 Å². The highest BCUT2D eigenvalue weighted by atomic mass is 16.6. The minimum absolute atomic E-state index is 0.212. The van der Waals surface area contributed by atoms with Crippen LogP contribution in [0.25, 0.3) is 0 Å². The van der Waals surface area contributed by atoms with Crippen molar-refractivity contribution in [2.75, 3.05) is 0 Å². The maximum absolute atomic E-state index is 11.4. The van der Waals surface area contributed by atoms with Crippen LogP contribution >= 0.6 is 0 Å². The number of hydrogen-bond donors (Lipinski definition) is 2. The van der Waals surface area contributed by atoms with Crippen molar-refractivity contribution >= 4 is 11.7 Å². The minimum Gasteiger partial charge on any atom is -0.358 e. The van der Waals surface area contributed by atoms with E-state index in [1.54, 1.807) is 28.8 Å². The lowest BCUT2D eigenvalue weighted by molar-refractivity contribution is -0.389. The van der Waals surface area contributed by atoms with E-state index in [1.165, 1.54) is 12.5 Å². The summed E-state index contributed by atoms with van der Waals surface area (Å²) >= 11 is 0. The summed E-state index contributed by atoms with van der Waals surface area (Å²) in [5.41, 5.74) is 3.28. The van der Waals surface area contributed by atoms with Gasteiger partial charge in [0.15, 0.2) is 0 Å². The number of nitro groups is 1. The molecule has 0 saturated carbocycles. The van der Waals surface area contributed by atoms with Gasteiger partial charge in [0.1, 0.15) is 6.20 Å². The van der Waals surface area contributed by atoms with E-state index >= 15 is 0 Å². The number of nitrogens with two attached hydrogens (primary N) is 1. The van der Waals surface area contributed by atoms with Gasteiger partial charge < -0.3 is 14.7 Å². The Morgan fingerprint density at radius 2 is 2.32 bits per heavy atom. The Labute approximate surface area is 108 Å². The van der Waals surface area contributed by atoms with Gasteiger partial charge in [-0.3, -0.25) is 10.2 Å². The van der Waals surface area contributed by atoms with Crippen LogP contribution in [-0.4, -0.2) is 20.4 Å². The number of carbonyl (C=O) groups excluding carboxylic acids is 1. The summed E-state index contributed by atoms with van der Waals surface area (Å²) in [5.74, 6) is 4.45. The van der Waals surface area contributed by atoms with Gasteiger partial charge in [-0.15, -0.1) is 0 Å². The Morgan fingerprint density at radius 1 is 1.53 bits per heavy atom. The Balaban J connectivity index is 2.18. The third-order valence-corrected chi connectivity index (χ3v) is 2.49. The molecule has 98 valence electrons. The monoisotopic (exact) mass is 261 g/mol. The first-order valence-corrected chi connectivity index (χ1v) is 5.36. The third kappa shape index (κ3) is 2.93. The van der Waals surface area contributed by atoms with Gasteiger partial charge in [-0.1, -0.05) is 12.1 Å². The molecule has 3 N–H and O–H groups in total. The van der Waals surface area contributed by atoms with E-state index in [0.717, 1.165) is 5.56 Å². The number of nitrogens with one attached hydrogen (secondary N) is 1. The highest BCUT2D eigenvalue weighted by Crippen LogP contribution is 2.10. The minimum atomic E-state index is -0.561. The van der Waals surface area contributed by atoms with Gasteiger partial charge in [-0.25, -0.2) is 5.84 Å². The molecule has 1 heterocycles. The Bertz CT molecular complexity index is 622. The zero-order valence-electron chi connectivity index (χ0n) is 9.81. The molecule has 19 heavy (non-hydrogen) atoms. The summed E-state index contributed by atoms with van der Waals surface area (Å²) in [7, 11) is 0. The average Bonchev–Trinajstić information content (AvgIpc) is 2.87. The van der Waals surface area contributed by atoms with Crippen molar-refractivity contribution < 1.29 is 9.72 Å². The van der Waals surface area contributed by atoms with Gasteiger partial charge in [-0.05, 0) is 27.6 Å². The molecule has 0 spiro atoms. The zero-order chi connectivity index (χ0) is 13.8. The molecule has 1 amide bonds. The Hall–Kier alpha value is -2.74. The van der Waals surface area contributed by atoms with Gasteiger partial charge in [0, 0.05) is 5.56 Å². The molecule has 0 unspecified atom stereocenters. The van der Waals surface area contributed by atoms with Crippen molar-refractivity contribution in [2.45, 2.75) is 6.54 Å². The summed E-state index contributed by atoms with van der Waals surface area (Å²) in [6, 6.07) is 6.81. The molecule has 2 aromatic rings. The normalized spacial score (nSPS) is 10.2. The summed E-state index contributed by atoms with van der Waals surface area (Å²) < 4.78 is 1.57. The van der Waals surface area contributed by atoms with Crippen LogP contribution < -0.4 is 11.3 Å². The second kappa shape index (κ2) is 5.27. The predicted molar refractivity (Wildman–Crippen MR) is 66.1 cm³/mol. The van der Waals surface area contributed by atoms with Crippen LogP contribution in [0.15, 0.2) is 36.8 Å². The van der Waals surface area contributed by atoms with Gasteiger partial charge in [0.05, 0.1) is 6.54 Å². The lowest BCUT2D eigenvalue weighted by Gasteiger charge is -2.04. The highest BCUT2D eigenvalue weighted by Gasteiger charge is 2.10.